The first-order chi connectivity index (χ1) is 12.0. The molecule has 3 rings (SSSR count). The van der Waals surface area contributed by atoms with Crippen LogP contribution in [-0.4, -0.2) is 25.5 Å². The predicted molar refractivity (Wildman–Crippen MR) is 91.9 cm³/mol. The maximum absolute atomic E-state index is 12.0. The molecule has 0 saturated heterocycles. The van der Waals surface area contributed by atoms with Crippen molar-refractivity contribution >= 4 is 10.0 Å². The van der Waals surface area contributed by atoms with Crippen molar-refractivity contribution in [2.75, 3.05) is 7.11 Å². The second kappa shape index (κ2) is 6.88. The number of primary sulfonamides is 1. The number of nitrogens with zero attached hydrogens (tertiary/aromatic N) is 2. The zero-order valence-corrected chi connectivity index (χ0v) is 14.1. The number of rotatable bonds is 5. The summed E-state index contributed by atoms with van der Waals surface area (Å²) in [5.41, 5.74) is 0.642. The molecule has 0 radical (unpaired) electrons. The summed E-state index contributed by atoms with van der Waals surface area (Å²) in [6, 6.07) is 13.2. The summed E-state index contributed by atoms with van der Waals surface area (Å²) in [5, 5.41) is 5.36. The van der Waals surface area contributed by atoms with Crippen molar-refractivity contribution < 1.29 is 17.9 Å². The summed E-state index contributed by atoms with van der Waals surface area (Å²) in [7, 11) is -2.46. The largest absolute Gasteiger partial charge is 0.493 e. The Labute approximate surface area is 145 Å². The second-order valence-corrected chi connectivity index (χ2v) is 6.55. The molecule has 0 bridgehead atoms. The number of ether oxygens (including phenoxy) is 2. The van der Waals surface area contributed by atoms with Gasteiger partial charge in [0, 0.05) is 6.20 Å². The lowest BCUT2D eigenvalue weighted by Gasteiger charge is -2.15. The van der Waals surface area contributed by atoms with Gasteiger partial charge < -0.3 is 9.47 Å². The maximum Gasteiger partial charge on any atom is 0.238 e. The number of nitrogens with two attached hydrogens (primary N) is 1. The molecule has 0 fully saturated rings. The van der Waals surface area contributed by atoms with Crippen molar-refractivity contribution in [2.45, 2.75) is 4.90 Å². The first kappa shape index (κ1) is 16.9. The van der Waals surface area contributed by atoms with E-state index < -0.39 is 10.0 Å². The van der Waals surface area contributed by atoms with E-state index in [9.17, 15) is 8.42 Å². The van der Waals surface area contributed by atoms with E-state index in [0.29, 0.717) is 17.2 Å². The lowest BCUT2D eigenvalue weighted by molar-refractivity contribution is 0.379. The molecule has 1 heterocycles. The van der Waals surface area contributed by atoms with Crippen molar-refractivity contribution in [2.24, 2.45) is 5.14 Å². The first-order valence-corrected chi connectivity index (χ1v) is 8.78. The topological polar surface area (TPSA) is 104 Å². The maximum atomic E-state index is 12.0. The van der Waals surface area contributed by atoms with Crippen LogP contribution in [-0.2, 0) is 10.0 Å². The van der Waals surface area contributed by atoms with E-state index in [1.165, 1.54) is 25.7 Å². The van der Waals surface area contributed by atoms with Gasteiger partial charge in [-0.2, -0.15) is 0 Å². The fourth-order valence-electron chi connectivity index (χ4n) is 2.35. The molecule has 0 saturated carbocycles. The molecule has 128 valence electrons. The monoisotopic (exact) mass is 357 g/mol. The van der Waals surface area contributed by atoms with E-state index in [0.717, 1.165) is 0 Å². The Kier molecular flexibility index (Phi) is 4.64. The van der Waals surface area contributed by atoms with Crippen molar-refractivity contribution in [3.05, 3.63) is 61.1 Å². The molecule has 0 amide bonds. The van der Waals surface area contributed by atoms with Crippen molar-refractivity contribution in [3.63, 3.8) is 0 Å². The molecule has 1 aromatic heterocycles. The van der Waals surface area contributed by atoms with Crippen LogP contribution in [0.4, 0.5) is 0 Å². The van der Waals surface area contributed by atoms with Gasteiger partial charge in [-0.3, -0.25) is 0 Å². The van der Waals surface area contributed by atoms with E-state index in [-0.39, 0.29) is 16.2 Å². The smallest absolute Gasteiger partial charge is 0.238 e. The molecular formula is C17H15N3O4S. The first-order valence-electron chi connectivity index (χ1n) is 7.24. The summed E-state index contributed by atoms with van der Waals surface area (Å²) in [5.74, 6) is 1.23. The molecule has 7 nitrogen and oxygen atoms in total. The van der Waals surface area contributed by atoms with Crippen LogP contribution in [0, 0.1) is 0 Å². The average Bonchev–Trinajstić information content (AvgIpc) is 2.62. The molecule has 0 aliphatic rings. The fourth-order valence-corrected chi connectivity index (χ4v) is 3.10. The van der Waals surface area contributed by atoms with Gasteiger partial charge in [-0.15, -0.1) is 0 Å². The quantitative estimate of drug-likeness (QED) is 0.752. The molecule has 0 unspecified atom stereocenters. The van der Waals surface area contributed by atoms with Gasteiger partial charge in [0.25, 0.3) is 0 Å². The molecule has 0 atom stereocenters. The van der Waals surface area contributed by atoms with Crippen LogP contribution in [0.3, 0.4) is 0 Å². The Morgan fingerprint density at radius 3 is 2.32 bits per heavy atom. The minimum Gasteiger partial charge on any atom is -0.493 e. The Morgan fingerprint density at radius 2 is 1.68 bits per heavy atom. The Balaban J connectivity index is 2.20. The number of methoxy groups -OCH3 is 1. The third-order valence-corrected chi connectivity index (χ3v) is 4.37. The zero-order chi connectivity index (χ0) is 17.9. The van der Waals surface area contributed by atoms with Gasteiger partial charge in [-0.1, -0.05) is 18.2 Å². The van der Waals surface area contributed by atoms with Gasteiger partial charge in [0.15, 0.2) is 11.5 Å². The van der Waals surface area contributed by atoms with Crippen LogP contribution in [0.25, 0.3) is 11.3 Å². The molecule has 0 aliphatic carbocycles. The van der Waals surface area contributed by atoms with Crippen LogP contribution in [0.5, 0.6) is 17.2 Å². The highest BCUT2D eigenvalue weighted by Crippen LogP contribution is 2.39. The normalized spacial score (nSPS) is 11.1. The number of aromatic nitrogens is 2. The lowest BCUT2D eigenvalue weighted by atomic mass is 10.1. The van der Waals surface area contributed by atoms with Crippen LogP contribution in [0.1, 0.15) is 0 Å². The number of para-hydroxylation sites is 2. The van der Waals surface area contributed by atoms with Crippen molar-refractivity contribution in [1.29, 1.82) is 0 Å². The number of hydrogen-bond donors (Lipinski definition) is 1. The van der Waals surface area contributed by atoms with Crippen LogP contribution < -0.4 is 14.6 Å². The SMILES string of the molecule is COc1ccccc1Oc1cccc(S(N)(=O)=O)c1-c1ccncn1. The number of hydrogen-bond acceptors (Lipinski definition) is 6. The highest BCUT2D eigenvalue weighted by Gasteiger charge is 2.21. The minimum atomic E-state index is -3.98. The van der Waals surface area contributed by atoms with Crippen molar-refractivity contribution in [3.8, 4) is 28.5 Å². The third-order valence-electron chi connectivity index (χ3n) is 3.42. The summed E-state index contributed by atoms with van der Waals surface area (Å²) in [4.78, 5) is 7.89. The van der Waals surface area contributed by atoms with Gasteiger partial charge in [-0.25, -0.2) is 23.5 Å². The fraction of sp³-hybridized carbons (Fsp3) is 0.0588. The lowest BCUT2D eigenvalue weighted by Crippen LogP contribution is -2.14. The summed E-state index contributed by atoms with van der Waals surface area (Å²) in [6.45, 7) is 0. The summed E-state index contributed by atoms with van der Waals surface area (Å²) in [6.07, 6.45) is 2.83. The standard InChI is InChI=1S/C17H15N3O4S/c1-23-13-5-2-3-6-14(13)24-15-7-4-8-16(25(18,21)22)17(15)12-9-10-19-11-20-12/h2-11H,1H3,(H2,18,21,22). The van der Waals surface area contributed by atoms with Crippen LogP contribution in [0.15, 0.2) is 66.0 Å². The second-order valence-electron chi connectivity index (χ2n) is 5.02. The average molecular weight is 357 g/mol. The molecular weight excluding hydrogens is 342 g/mol. The number of sulfonamides is 1. The van der Waals surface area contributed by atoms with Crippen molar-refractivity contribution in [1.82, 2.24) is 9.97 Å². The van der Waals surface area contributed by atoms with Gasteiger partial charge in [0.2, 0.25) is 10.0 Å². The highest BCUT2D eigenvalue weighted by molar-refractivity contribution is 7.89. The van der Waals surface area contributed by atoms with Gasteiger partial charge in [0.05, 0.1) is 23.3 Å². The Hall–Kier alpha value is -2.97. The van der Waals surface area contributed by atoms with Crippen LogP contribution in [0.2, 0.25) is 0 Å². The summed E-state index contributed by atoms with van der Waals surface area (Å²) >= 11 is 0. The van der Waals surface area contributed by atoms with E-state index in [1.807, 2.05) is 0 Å². The number of benzene rings is 2. The van der Waals surface area contributed by atoms with E-state index in [1.54, 1.807) is 42.5 Å². The molecule has 2 N–H and O–H groups in total. The van der Waals surface area contributed by atoms with Gasteiger partial charge in [0.1, 0.15) is 12.1 Å². The minimum absolute atomic E-state index is 0.0846. The molecule has 8 heteroatoms. The molecule has 0 aliphatic heterocycles. The zero-order valence-electron chi connectivity index (χ0n) is 13.3. The van der Waals surface area contributed by atoms with Gasteiger partial charge >= 0.3 is 0 Å². The third kappa shape index (κ3) is 3.59. The van der Waals surface area contributed by atoms with Crippen LogP contribution >= 0.6 is 0 Å². The highest BCUT2D eigenvalue weighted by atomic mass is 32.2. The molecule has 3 aromatic rings. The Bertz CT molecular complexity index is 992. The van der Waals surface area contributed by atoms with E-state index >= 15 is 0 Å². The molecule has 2 aromatic carbocycles. The molecule has 0 spiro atoms. The predicted octanol–water partition coefficient (Wildman–Crippen LogP) is 2.59. The van der Waals surface area contributed by atoms with E-state index in [4.69, 9.17) is 14.6 Å². The Morgan fingerprint density at radius 1 is 0.960 bits per heavy atom. The summed E-state index contributed by atoms with van der Waals surface area (Å²) < 4.78 is 35.2. The van der Waals surface area contributed by atoms with Gasteiger partial charge in [-0.05, 0) is 30.3 Å². The van der Waals surface area contributed by atoms with E-state index in [2.05, 4.69) is 9.97 Å². The molecule has 25 heavy (non-hydrogen) atoms.